The Balaban J connectivity index is 2.09. The number of hydrogen-bond acceptors (Lipinski definition) is 5. The van der Waals surface area contributed by atoms with Crippen molar-refractivity contribution in [3.8, 4) is 5.75 Å². The number of nitrogens with zero attached hydrogens (tertiary/aromatic N) is 2. The van der Waals surface area contributed by atoms with E-state index in [1.165, 1.54) is 6.20 Å². The van der Waals surface area contributed by atoms with Crippen LogP contribution in [0.1, 0.15) is 19.4 Å². The van der Waals surface area contributed by atoms with Crippen molar-refractivity contribution in [2.24, 2.45) is 5.10 Å². The first-order valence-corrected chi connectivity index (χ1v) is 7.63. The van der Waals surface area contributed by atoms with Crippen molar-refractivity contribution in [1.82, 2.24) is 10.2 Å². The van der Waals surface area contributed by atoms with E-state index in [4.69, 9.17) is 16.3 Å². The number of H-pyrrole nitrogens is 1. The van der Waals surface area contributed by atoms with E-state index in [0.717, 1.165) is 15.8 Å². The molecule has 0 aliphatic rings. The number of nitrogens with one attached hydrogen (secondary N) is 2. The minimum atomic E-state index is -0.472. The van der Waals surface area contributed by atoms with Gasteiger partial charge in [0.05, 0.1) is 23.0 Å². The van der Waals surface area contributed by atoms with E-state index >= 15 is 0 Å². The minimum absolute atomic E-state index is 0.00834. The predicted molar refractivity (Wildman–Crippen MR) is 91.0 cm³/mol. The van der Waals surface area contributed by atoms with E-state index in [0.29, 0.717) is 5.69 Å². The van der Waals surface area contributed by atoms with Crippen LogP contribution in [0.15, 0.2) is 38.8 Å². The molecule has 6 nitrogen and oxygen atoms in total. The van der Waals surface area contributed by atoms with Gasteiger partial charge in [-0.15, -0.1) is 0 Å². The van der Waals surface area contributed by atoms with Crippen LogP contribution in [-0.2, 0) is 0 Å². The van der Waals surface area contributed by atoms with Crippen molar-refractivity contribution >= 4 is 39.4 Å². The number of aromatic amines is 1. The summed E-state index contributed by atoms with van der Waals surface area (Å²) >= 11 is 9.28. The summed E-state index contributed by atoms with van der Waals surface area (Å²) in [4.78, 5) is 11.3. The maximum absolute atomic E-state index is 11.3. The topological polar surface area (TPSA) is 79.4 Å². The lowest BCUT2D eigenvalue weighted by molar-refractivity contribution is 0.241. The van der Waals surface area contributed by atoms with Crippen LogP contribution in [0.2, 0.25) is 5.02 Å². The zero-order valence-electron chi connectivity index (χ0n) is 11.9. The maximum atomic E-state index is 11.3. The molecule has 0 radical (unpaired) electrons. The fraction of sp³-hybridized carbons (Fsp3) is 0.214. The van der Waals surface area contributed by atoms with Gasteiger partial charge in [0.25, 0.3) is 5.56 Å². The first kappa shape index (κ1) is 16.5. The molecule has 1 aromatic heterocycles. The van der Waals surface area contributed by atoms with E-state index < -0.39 is 5.56 Å². The summed E-state index contributed by atoms with van der Waals surface area (Å²) in [6.07, 6.45) is 3.08. The third kappa shape index (κ3) is 4.32. The average Bonchev–Trinajstić information content (AvgIpc) is 2.46. The largest absolute Gasteiger partial charge is 0.490 e. The highest BCUT2D eigenvalue weighted by Crippen LogP contribution is 2.26. The summed E-state index contributed by atoms with van der Waals surface area (Å²) in [5, 5.41) is 9.91. The van der Waals surface area contributed by atoms with Gasteiger partial charge in [-0.25, -0.2) is 5.10 Å². The second-order valence-corrected chi connectivity index (χ2v) is 5.89. The molecule has 0 fully saturated rings. The quantitative estimate of drug-likeness (QED) is 0.610. The number of benzene rings is 1. The van der Waals surface area contributed by atoms with Gasteiger partial charge < -0.3 is 4.74 Å². The highest BCUT2D eigenvalue weighted by molar-refractivity contribution is 9.10. The summed E-state index contributed by atoms with van der Waals surface area (Å²) in [5.74, 6) is 0.766. The van der Waals surface area contributed by atoms with E-state index in [2.05, 4.69) is 36.7 Å². The highest BCUT2D eigenvalue weighted by atomic mass is 79.9. The number of rotatable bonds is 5. The lowest BCUT2D eigenvalue weighted by atomic mass is 10.2. The van der Waals surface area contributed by atoms with Crippen molar-refractivity contribution in [3.05, 3.63) is 49.8 Å². The zero-order chi connectivity index (χ0) is 16.1. The molecule has 2 rings (SSSR count). The number of hydrogen-bond donors (Lipinski definition) is 2. The number of hydrazone groups is 1. The number of ether oxygens (including phenoxy) is 1. The first-order valence-electron chi connectivity index (χ1n) is 6.46. The second-order valence-electron chi connectivity index (χ2n) is 4.65. The molecule has 1 aromatic carbocycles. The maximum Gasteiger partial charge on any atom is 0.285 e. The molecule has 116 valence electrons. The van der Waals surface area contributed by atoms with Crippen LogP contribution in [0.4, 0.5) is 5.69 Å². The second kappa shape index (κ2) is 7.42. The lowest BCUT2D eigenvalue weighted by Gasteiger charge is -2.11. The molecule has 1 heterocycles. The van der Waals surface area contributed by atoms with Crippen molar-refractivity contribution in [2.75, 3.05) is 5.43 Å². The molecular weight excluding hydrogens is 372 g/mol. The Morgan fingerprint density at radius 2 is 2.27 bits per heavy atom. The molecule has 2 N–H and O–H groups in total. The van der Waals surface area contributed by atoms with Gasteiger partial charge in [0.15, 0.2) is 0 Å². The Labute approximate surface area is 140 Å². The van der Waals surface area contributed by atoms with Crippen molar-refractivity contribution < 1.29 is 4.74 Å². The van der Waals surface area contributed by atoms with Gasteiger partial charge in [-0.3, -0.25) is 10.2 Å². The van der Waals surface area contributed by atoms with E-state index in [9.17, 15) is 4.79 Å². The molecular formula is C14H14BrClN4O2. The fourth-order valence-corrected chi connectivity index (χ4v) is 2.21. The predicted octanol–water partition coefficient (Wildman–Crippen LogP) is 3.42. The Morgan fingerprint density at radius 1 is 1.50 bits per heavy atom. The number of halogens is 2. The van der Waals surface area contributed by atoms with Gasteiger partial charge in [0.1, 0.15) is 16.5 Å². The molecule has 0 bridgehead atoms. The summed E-state index contributed by atoms with van der Waals surface area (Å²) in [6, 6.07) is 5.60. The van der Waals surface area contributed by atoms with Crippen LogP contribution in [0.3, 0.4) is 0 Å². The Kier molecular flexibility index (Phi) is 5.57. The standard InChI is InChI=1S/C14H14BrClN4O2/c1-8(2)22-12-4-3-9(5-10(12)15)6-17-19-11-7-18-20-14(21)13(11)16/h3-8H,1-2H3,(H2,19,20,21)/b17-6-. The third-order valence-corrected chi connectivity index (χ3v) is 3.51. The van der Waals surface area contributed by atoms with Gasteiger partial charge in [-0.2, -0.15) is 10.2 Å². The van der Waals surface area contributed by atoms with Crippen molar-refractivity contribution in [3.63, 3.8) is 0 Å². The SMILES string of the molecule is CC(C)Oc1ccc(/C=N\Nc2cn[nH]c(=O)c2Cl)cc1Br. The van der Waals surface area contributed by atoms with E-state index in [-0.39, 0.29) is 11.1 Å². The molecule has 0 amide bonds. The summed E-state index contributed by atoms with van der Waals surface area (Å²) in [5.41, 5.74) is 3.39. The Bertz CT molecular complexity index is 746. The smallest absolute Gasteiger partial charge is 0.285 e. The molecule has 0 unspecified atom stereocenters. The molecule has 22 heavy (non-hydrogen) atoms. The first-order chi connectivity index (χ1) is 10.5. The van der Waals surface area contributed by atoms with E-state index in [1.807, 2.05) is 32.0 Å². The molecule has 8 heteroatoms. The van der Waals surface area contributed by atoms with Crippen LogP contribution in [0, 0.1) is 0 Å². The molecule has 0 saturated heterocycles. The van der Waals surface area contributed by atoms with Crippen LogP contribution >= 0.6 is 27.5 Å². The third-order valence-electron chi connectivity index (χ3n) is 2.51. The average molecular weight is 386 g/mol. The summed E-state index contributed by atoms with van der Waals surface area (Å²) in [7, 11) is 0. The normalized spacial score (nSPS) is 11.1. The molecule has 2 aromatic rings. The molecule has 0 atom stereocenters. The van der Waals surface area contributed by atoms with Crippen LogP contribution in [0.25, 0.3) is 0 Å². The van der Waals surface area contributed by atoms with Gasteiger partial charge >= 0.3 is 0 Å². The summed E-state index contributed by atoms with van der Waals surface area (Å²) < 4.78 is 6.47. The van der Waals surface area contributed by atoms with Gasteiger partial charge in [-0.1, -0.05) is 11.6 Å². The number of anilines is 1. The fourth-order valence-electron chi connectivity index (χ4n) is 1.58. The van der Waals surface area contributed by atoms with E-state index in [1.54, 1.807) is 6.21 Å². The van der Waals surface area contributed by atoms with Crippen LogP contribution < -0.4 is 15.7 Å². The molecule has 0 aliphatic heterocycles. The van der Waals surface area contributed by atoms with Gasteiger partial charge in [0, 0.05) is 0 Å². The Hall–Kier alpha value is -1.86. The van der Waals surface area contributed by atoms with Crippen LogP contribution in [0.5, 0.6) is 5.75 Å². The minimum Gasteiger partial charge on any atom is -0.490 e. The number of aromatic nitrogens is 2. The van der Waals surface area contributed by atoms with Gasteiger partial charge in [-0.05, 0) is 53.5 Å². The Morgan fingerprint density at radius 3 is 2.95 bits per heavy atom. The molecule has 0 aliphatic carbocycles. The molecule has 0 spiro atoms. The zero-order valence-corrected chi connectivity index (χ0v) is 14.3. The molecule has 0 saturated carbocycles. The summed E-state index contributed by atoms with van der Waals surface area (Å²) in [6.45, 7) is 3.93. The van der Waals surface area contributed by atoms with Gasteiger partial charge in [0.2, 0.25) is 0 Å². The monoisotopic (exact) mass is 384 g/mol. The van der Waals surface area contributed by atoms with Crippen molar-refractivity contribution in [2.45, 2.75) is 20.0 Å². The lowest BCUT2D eigenvalue weighted by Crippen LogP contribution is -2.10. The highest BCUT2D eigenvalue weighted by Gasteiger charge is 2.05. The van der Waals surface area contributed by atoms with Crippen LogP contribution in [-0.4, -0.2) is 22.5 Å². The van der Waals surface area contributed by atoms with Crippen molar-refractivity contribution in [1.29, 1.82) is 0 Å².